The number of imidazole rings is 1. The number of rotatable bonds is 23. The first kappa shape index (κ1) is 60.5. The molecule has 7 atom stereocenters. The van der Waals surface area contributed by atoms with E-state index >= 15 is 0 Å². The van der Waals surface area contributed by atoms with Gasteiger partial charge in [-0.1, -0.05) is 32.1 Å². The summed E-state index contributed by atoms with van der Waals surface area (Å²) in [5, 5.41) is 25.5. The van der Waals surface area contributed by atoms with Crippen LogP contribution in [0.1, 0.15) is 71.2 Å². The molecule has 2 aromatic carbocycles. The summed E-state index contributed by atoms with van der Waals surface area (Å²) in [7, 11) is -25.8. The fourth-order valence-corrected chi connectivity index (χ4v) is 14.1. The molecule has 7 rings (SSSR count). The molecule has 78 heavy (non-hydrogen) atoms. The van der Waals surface area contributed by atoms with E-state index in [2.05, 4.69) is 38.3 Å². The van der Waals surface area contributed by atoms with Crippen molar-refractivity contribution >= 4 is 83.7 Å². The number of carbonyl (C=O) groups is 1. The number of nitrogens with one attached hydrogen (secondary N) is 3. The molecule has 2 aromatic heterocycles. The lowest BCUT2D eigenvalue weighted by Gasteiger charge is -2.25. The molecule has 29 nitrogen and oxygen atoms in total. The number of carbonyl (C=O) groups excluding carboxylic acids is 1. The quantitative estimate of drug-likeness (QED) is 0.0167. The van der Waals surface area contributed by atoms with E-state index in [1.165, 1.54) is 24.3 Å². The van der Waals surface area contributed by atoms with E-state index in [4.69, 9.17) is 10.5 Å². The van der Waals surface area contributed by atoms with Crippen LogP contribution in [0.5, 0.6) is 0 Å². The van der Waals surface area contributed by atoms with E-state index in [0.717, 1.165) is 33.6 Å². The minimum atomic E-state index is -5.88. The van der Waals surface area contributed by atoms with Crippen molar-refractivity contribution in [2.24, 2.45) is 0 Å². The molecule has 1 fully saturated rings. The third-order valence-corrected chi connectivity index (χ3v) is 19.2. The van der Waals surface area contributed by atoms with Crippen LogP contribution in [0.4, 0.5) is 17.3 Å². The summed E-state index contributed by atoms with van der Waals surface area (Å²) in [5.74, 6) is -0.790. The van der Waals surface area contributed by atoms with E-state index < -0.39 is 104 Å². The zero-order valence-corrected chi connectivity index (χ0v) is 46.6. The Labute approximate surface area is 446 Å². The number of ether oxygens (including phenoxy) is 1. The Balaban J connectivity index is 0.901. The molecule has 4 aromatic rings. The average Bonchev–Trinajstić information content (AvgIpc) is 4.15. The van der Waals surface area contributed by atoms with E-state index in [1.807, 2.05) is 62.5 Å². The van der Waals surface area contributed by atoms with Crippen molar-refractivity contribution in [3.63, 3.8) is 0 Å². The molecule has 3 unspecified atom stereocenters. The number of nitrogens with zero attached hydrogens (tertiary/aromatic N) is 5. The second-order valence-corrected chi connectivity index (χ2v) is 26.7. The molecule has 3 aliphatic rings. The van der Waals surface area contributed by atoms with Crippen molar-refractivity contribution in [1.29, 1.82) is 0 Å². The lowest BCUT2D eigenvalue weighted by molar-refractivity contribution is -0.438. The van der Waals surface area contributed by atoms with Gasteiger partial charge in [0.25, 0.3) is 25.8 Å². The fraction of sp³-hybridized carbons (Fsp3) is 0.432. The number of aliphatic hydroxyl groups excluding tert-OH is 2. The predicted octanol–water partition coefficient (Wildman–Crippen LogP) is 2.93. The largest absolute Gasteiger partial charge is 0.489 e. The Morgan fingerprint density at radius 2 is 1.58 bits per heavy atom. The number of likely N-dealkylation sites (N-methyl/N-ethyl adjacent to an activating group) is 1. The molecule has 34 heteroatoms. The number of amides is 1. The van der Waals surface area contributed by atoms with Gasteiger partial charge in [0.15, 0.2) is 23.1 Å². The Morgan fingerprint density at radius 1 is 0.910 bits per heavy atom. The van der Waals surface area contributed by atoms with E-state index in [1.54, 1.807) is 24.3 Å². The van der Waals surface area contributed by atoms with Crippen LogP contribution in [-0.4, -0.2) is 138 Å². The third kappa shape index (κ3) is 13.4. The van der Waals surface area contributed by atoms with Gasteiger partial charge in [-0.3, -0.25) is 32.8 Å². The average molecular weight is 1190 g/mol. The Bertz CT molecular complexity index is 3580. The number of aromatic amines is 1. The summed E-state index contributed by atoms with van der Waals surface area (Å²) in [5.41, 5.74) is 7.60. The number of anilines is 2. The summed E-state index contributed by atoms with van der Waals surface area (Å²) in [6, 6.07) is 8.78. The van der Waals surface area contributed by atoms with Gasteiger partial charge in [0, 0.05) is 67.0 Å². The summed E-state index contributed by atoms with van der Waals surface area (Å²) in [4.78, 5) is 66.9. The second-order valence-electron chi connectivity index (χ2n) is 19.1. The summed E-state index contributed by atoms with van der Waals surface area (Å²) >= 11 is 0. The summed E-state index contributed by atoms with van der Waals surface area (Å²) < 4.78 is 127. The van der Waals surface area contributed by atoms with Crippen LogP contribution in [-0.2, 0) is 67.4 Å². The number of hydrogen-bond acceptors (Lipinski definition) is 19. The number of allylic oxidation sites excluding steroid dienone is 6. The van der Waals surface area contributed by atoms with Crippen molar-refractivity contribution in [1.82, 2.24) is 29.9 Å². The molecule has 0 radical (unpaired) electrons. The van der Waals surface area contributed by atoms with Gasteiger partial charge in [0.2, 0.25) is 17.5 Å². The van der Waals surface area contributed by atoms with E-state index in [0.29, 0.717) is 37.2 Å². The minimum Gasteiger partial charge on any atom is -0.387 e. The van der Waals surface area contributed by atoms with E-state index in [9.17, 15) is 74.1 Å². The highest BCUT2D eigenvalue weighted by Gasteiger charge is 2.48. The third-order valence-electron chi connectivity index (χ3n) is 13.0. The van der Waals surface area contributed by atoms with Crippen LogP contribution >= 0.6 is 23.4 Å². The first-order chi connectivity index (χ1) is 36.2. The van der Waals surface area contributed by atoms with Crippen molar-refractivity contribution in [2.75, 3.05) is 43.4 Å². The van der Waals surface area contributed by atoms with Crippen LogP contribution in [0.25, 0.3) is 11.2 Å². The number of aliphatic hydroxyl groups is 2. The number of hydrogen-bond donors (Lipinski definition) is 11. The van der Waals surface area contributed by atoms with Crippen LogP contribution in [0.15, 0.2) is 93.4 Å². The van der Waals surface area contributed by atoms with Crippen molar-refractivity contribution in [2.45, 2.75) is 99.0 Å². The number of H-pyrrole nitrogens is 1. The van der Waals surface area contributed by atoms with Gasteiger partial charge in [-0.15, -0.1) is 0 Å². The van der Waals surface area contributed by atoms with Crippen LogP contribution < -0.4 is 26.6 Å². The number of phosphoric ester groups is 1. The molecule has 1 saturated heterocycles. The molecular weight excluding hydrogens is 1130 g/mol. The maximum atomic E-state index is 12.8. The molecule has 12 N–H and O–H groups in total. The van der Waals surface area contributed by atoms with Gasteiger partial charge in [-0.05, 0) is 69.2 Å². The van der Waals surface area contributed by atoms with Crippen LogP contribution in [0.2, 0.25) is 0 Å². The van der Waals surface area contributed by atoms with E-state index in [-0.39, 0.29) is 39.9 Å². The zero-order valence-electron chi connectivity index (χ0n) is 42.3. The molecule has 5 heterocycles. The molecule has 0 aliphatic carbocycles. The number of fused-ring (bicyclic) bond motifs is 3. The number of aromatic nitrogens is 4. The highest BCUT2D eigenvalue weighted by Crippen LogP contribution is 2.66. The normalized spacial score (nSPS) is 23.0. The fourth-order valence-electron chi connectivity index (χ4n) is 9.34. The summed E-state index contributed by atoms with van der Waals surface area (Å²) in [6.45, 7) is 8.70. The van der Waals surface area contributed by atoms with Crippen LogP contribution in [0, 0.1) is 0 Å². The minimum absolute atomic E-state index is 0.0182. The molecule has 0 spiro atoms. The maximum Gasteiger partial charge on any atom is 0.489 e. The molecule has 1 amide bonds. The van der Waals surface area contributed by atoms with Gasteiger partial charge in [-0.2, -0.15) is 35.0 Å². The lowest BCUT2D eigenvalue weighted by Crippen LogP contribution is -2.33. The van der Waals surface area contributed by atoms with Crippen molar-refractivity contribution < 1.29 is 91.8 Å². The monoisotopic (exact) mass is 1190 g/mol. The summed E-state index contributed by atoms with van der Waals surface area (Å²) in [6.07, 6.45) is 4.34. The Hall–Kier alpha value is -5.14. The number of phosphoric acid groups is 2. The SMILES string of the molecule is CCN1/C(=C/C=C/C=C/C2=[N+](CCCCC(=O)NCCNP(=O)(O)OP(=O)(O)OP(=O)(O)OC[C@H]3O[C@@H](n4cnc5c(=O)[nH]c(N)nc54)[C@H](O)[C@@H]3O)c3ccc(S(=O)(=O)O)cc3C2(C)C)C(C)(C)c2cc(S(=O)(=O)O)ccc21. The van der Waals surface area contributed by atoms with Gasteiger partial charge < -0.3 is 45.6 Å². The molecule has 3 aliphatic heterocycles. The number of nitrogens with two attached hydrogens (primary N) is 1. The lowest BCUT2D eigenvalue weighted by atomic mass is 9.81. The second kappa shape index (κ2) is 22.8. The Kier molecular flexibility index (Phi) is 17.7. The standard InChI is InChI=1S/C44H58N9O20P3S2/c1-6-51-30-17-15-26(77(64,65)66)22-28(30)43(2,3)33(51)12-8-7-9-13-34-44(4,5)29-23-27(78(67,68)69)16-18-31(29)52(34)21-11-10-14-35(54)46-19-20-48-74(58,59)72-76(62,63)73-75(60,61)70-24-32-37(55)38(56)41(71-32)53-25-47-36-39(53)49-42(45)50-40(36)57/h7-9,12-13,15-18,22-23,25,32,37-38,41,55-56H,6,10-11,14,19-21,24H2,1-5H3,(H9-,45,46,48,49,50,54,57,58,59,60,61,62,63,64,65,66,67,68,69)/p+1/t32-,37-,38-,41-/m1/s1. The van der Waals surface area contributed by atoms with Crippen molar-refractivity contribution in [3.05, 3.63) is 100 Å². The van der Waals surface area contributed by atoms with Gasteiger partial charge in [-0.25, -0.2) is 23.8 Å². The number of nitrogen functional groups attached to an aromatic ring is 1. The topological polar surface area (TPSA) is 435 Å². The van der Waals surface area contributed by atoms with Crippen molar-refractivity contribution in [3.8, 4) is 0 Å². The molecule has 426 valence electrons. The number of unbranched alkanes of at least 4 members (excludes halogenated alkanes) is 1. The van der Waals surface area contributed by atoms with Gasteiger partial charge >= 0.3 is 23.4 Å². The maximum absolute atomic E-state index is 12.8. The number of benzene rings is 2. The van der Waals surface area contributed by atoms with Crippen LogP contribution in [0.3, 0.4) is 0 Å². The zero-order chi connectivity index (χ0) is 57.6. The Morgan fingerprint density at radius 3 is 2.24 bits per heavy atom. The molecule has 0 bridgehead atoms. The first-order valence-electron chi connectivity index (χ1n) is 23.7. The predicted molar refractivity (Wildman–Crippen MR) is 279 cm³/mol. The van der Waals surface area contributed by atoms with Gasteiger partial charge in [0.1, 0.15) is 24.9 Å². The molecule has 0 saturated carbocycles. The molecular formula is C44H59N9O20P3S2+. The smallest absolute Gasteiger partial charge is 0.387 e. The highest BCUT2D eigenvalue weighted by atomic mass is 32.2. The van der Waals surface area contributed by atoms with Gasteiger partial charge in [0.05, 0.1) is 28.1 Å². The highest BCUT2D eigenvalue weighted by molar-refractivity contribution is 7.86. The first-order valence-corrected chi connectivity index (χ1v) is 31.2.